The molecule has 15 N–H and O–H groups in total. The van der Waals surface area contributed by atoms with Gasteiger partial charge < -0.3 is 57.8 Å². The van der Waals surface area contributed by atoms with Gasteiger partial charge >= 0.3 is 11.6 Å². The van der Waals surface area contributed by atoms with Crippen molar-refractivity contribution >= 4 is 21.5 Å². The largest absolute Gasteiger partial charge is 0.790 e. The van der Waals surface area contributed by atoms with Crippen LogP contribution in [0.1, 0.15) is 6.23 Å². The Balaban J connectivity index is 0. The Labute approximate surface area is 161 Å². The standard InChI is InChI=1S/C9H13F2N3O10P2.3H3N/c10-9(11)6(15)4(3-22-26(20,21)24-25(17,18)19)23-7(9)14-2-1-5(12)13-8(14)16;;;/h1-2,4,6-7,15H,3H2,(H,20,21)(H2,12,13,16)(H2,17,18,19);3*1H3/t4-,6+,7-;;;/m1.../s1. The average molecular weight is 474 g/mol. The summed E-state index contributed by atoms with van der Waals surface area (Å²) in [4.78, 5) is 46.5. The molecule has 0 saturated carbocycles. The Bertz CT molecular complexity index is 836. The van der Waals surface area contributed by atoms with Gasteiger partial charge in [-0.25, -0.2) is 4.79 Å². The molecule has 1 saturated heterocycles. The van der Waals surface area contributed by atoms with Crippen LogP contribution in [0.2, 0.25) is 0 Å². The van der Waals surface area contributed by atoms with E-state index in [9.17, 15) is 42.5 Å². The molecule has 16 nitrogen and oxygen atoms in total. The Morgan fingerprint density at radius 1 is 1.31 bits per heavy atom. The highest BCUT2D eigenvalue weighted by Gasteiger charge is 2.59. The maximum atomic E-state index is 14.1. The summed E-state index contributed by atoms with van der Waals surface area (Å²) in [5.74, 6) is -4.35. The molecule has 1 unspecified atom stereocenters. The van der Waals surface area contributed by atoms with E-state index in [1.807, 2.05) is 0 Å². The molecule has 4 atom stereocenters. The van der Waals surface area contributed by atoms with Gasteiger partial charge in [-0.3, -0.25) is 13.4 Å². The number of alkyl halides is 2. The fourth-order valence-corrected chi connectivity index (χ4v) is 3.52. The van der Waals surface area contributed by atoms with Gasteiger partial charge in [0.1, 0.15) is 11.9 Å². The number of aliphatic hydroxyl groups excluding tert-OH is 1. The van der Waals surface area contributed by atoms with Gasteiger partial charge in [-0.15, -0.1) is 0 Å². The third kappa shape index (κ3) is 7.10. The Hall–Kier alpha value is -1.40. The van der Waals surface area contributed by atoms with Gasteiger partial charge in [-0.1, -0.05) is 0 Å². The Morgan fingerprint density at radius 3 is 2.34 bits per heavy atom. The van der Waals surface area contributed by atoms with Crippen molar-refractivity contribution in [3.05, 3.63) is 22.7 Å². The summed E-state index contributed by atoms with van der Waals surface area (Å²) >= 11 is 0. The molecule has 2 rings (SSSR count). The van der Waals surface area contributed by atoms with Crippen LogP contribution >= 0.6 is 15.6 Å². The number of aliphatic hydroxyl groups is 1. The zero-order valence-corrected chi connectivity index (χ0v) is 17.1. The maximum Gasteiger partial charge on any atom is 0.351 e. The quantitative estimate of drug-likeness (QED) is 0.284. The molecule has 0 aliphatic carbocycles. The summed E-state index contributed by atoms with van der Waals surface area (Å²) in [7, 11) is -11.7. The molecule has 0 radical (unpaired) electrons. The Kier molecular flexibility index (Phi) is 10.4. The second-order valence-electron chi connectivity index (χ2n) is 4.96. The summed E-state index contributed by atoms with van der Waals surface area (Å²) in [6, 6.07) is 0.997. The van der Waals surface area contributed by atoms with E-state index in [1.165, 1.54) is 0 Å². The average Bonchev–Trinajstić information content (AvgIpc) is 2.66. The first-order chi connectivity index (χ1) is 11.7. The first kappa shape index (κ1) is 29.8. The highest BCUT2D eigenvalue weighted by molar-refractivity contribution is 7.58. The predicted octanol–water partition coefficient (Wildman–Crippen LogP) is -1.82. The molecule has 1 fully saturated rings. The van der Waals surface area contributed by atoms with Crippen molar-refractivity contribution in [3.63, 3.8) is 0 Å². The number of ether oxygens (including phenoxy) is 1. The molecule has 29 heavy (non-hydrogen) atoms. The molecule has 0 amide bonds. The third-order valence-electron chi connectivity index (χ3n) is 3.08. The van der Waals surface area contributed by atoms with Crippen molar-refractivity contribution in [1.29, 1.82) is 0 Å². The lowest BCUT2D eigenvalue weighted by Crippen LogP contribution is -2.42. The number of rotatable bonds is 6. The number of phosphoric acid groups is 2. The fraction of sp³-hybridized carbons (Fsp3) is 0.556. The van der Waals surface area contributed by atoms with Crippen LogP contribution in [0.5, 0.6) is 0 Å². The number of halogens is 2. The van der Waals surface area contributed by atoms with Crippen LogP contribution in [0, 0.1) is 0 Å². The third-order valence-corrected chi connectivity index (χ3v) is 5.15. The monoisotopic (exact) mass is 474 g/mol. The topological polar surface area (TPSA) is 322 Å². The second kappa shape index (κ2) is 10.1. The minimum Gasteiger partial charge on any atom is -0.790 e. The van der Waals surface area contributed by atoms with Crippen LogP contribution in [0.25, 0.3) is 0 Å². The highest BCUT2D eigenvalue weighted by atomic mass is 31.3. The summed E-state index contributed by atoms with van der Waals surface area (Å²) in [6.07, 6.45) is -6.25. The number of aromatic nitrogens is 2. The van der Waals surface area contributed by atoms with Crippen LogP contribution in [-0.4, -0.2) is 39.4 Å². The minimum atomic E-state index is -5.98. The van der Waals surface area contributed by atoms with Crippen molar-refractivity contribution < 1.29 is 51.3 Å². The van der Waals surface area contributed by atoms with E-state index in [1.54, 1.807) is 0 Å². The molecule has 172 valence electrons. The molecule has 2 heterocycles. The van der Waals surface area contributed by atoms with E-state index in [2.05, 4.69) is 13.8 Å². The zero-order chi connectivity index (χ0) is 19.9. The number of nitrogens with two attached hydrogens (primary N) is 1. The molecule has 1 aliphatic rings. The van der Waals surface area contributed by atoms with Crippen molar-refractivity contribution in [2.45, 2.75) is 24.4 Å². The smallest absolute Gasteiger partial charge is 0.351 e. The number of nitrogens with zero attached hydrogens (tertiary/aromatic N) is 2. The van der Waals surface area contributed by atoms with Gasteiger partial charge in [0, 0.05) is 6.20 Å². The fourth-order valence-electron chi connectivity index (χ4n) is 2.02. The zero-order valence-electron chi connectivity index (χ0n) is 15.3. The number of hydrogen-bond acceptors (Lipinski definition) is 12. The van der Waals surface area contributed by atoms with E-state index in [0.717, 1.165) is 12.3 Å². The SMILES string of the molecule is Nc1ccn([C@@H]2O[C@H](COP(=O)([O-])OP(=O)([O-])[O-])[C@H](O)C2(F)F)c(=O)n1.[NH4+].[NH4+].[NH4+]. The molecule has 0 bridgehead atoms. The van der Waals surface area contributed by atoms with E-state index in [0.29, 0.717) is 4.57 Å². The van der Waals surface area contributed by atoms with Crippen molar-refractivity contribution in [3.8, 4) is 0 Å². The van der Waals surface area contributed by atoms with Gasteiger partial charge in [-0.05, 0) is 6.07 Å². The van der Waals surface area contributed by atoms with Crippen LogP contribution in [0.4, 0.5) is 14.6 Å². The van der Waals surface area contributed by atoms with E-state index >= 15 is 0 Å². The van der Waals surface area contributed by atoms with Crippen LogP contribution < -0.4 is 44.6 Å². The first-order valence-electron chi connectivity index (χ1n) is 6.48. The molecule has 1 aromatic rings. The van der Waals surface area contributed by atoms with Crippen LogP contribution in [0.15, 0.2) is 17.1 Å². The molecule has 1 aromatic heterocycles. The summed E-state index contributed by atoms with van der Waals surface area (Å²) in [5, 5.41) is 9.60. The van der Waals surface area contributed by atoms with Gasteiger partial charge in [0.25, 0.3) is 7.82 Å². The lowest BCUT2D eigenvalue weighted by molar-refractivity contribution is -0.339. The second-order valence-corrected chi connectivity index (χ2v) is 7.66. The molecular weight excluding hydrogens is 452 g/mol. The molecular formula is C9H22F2N6O10P2. The lowest BCUT2D eigenvalue weighted by Gasteiger charge is -2.35. The van der Waals surface area contributed by atoms with E-state index < -0.39 is 52.3 Å². The van der Waals surface area contributed by atoms with Gasteiger partial charge in [-0.2, -0.15) is 13.8 Å². The minimum absolute atomic E-state index is 0. The Morgan fingerprint density at radius 2 is 1.86 bits per heavy atom. The van der Waals surface area contributed by atoms with Crippen molar-refractivity contribution in [2.75, 3.05) is 12.3 Å². The lowest BCUT2D eigenvalue weighted by atomic mass is 10.1. The first-order valence-corrected chi connectivity index (χ1v) is 9.40. The number of phosphoric ester groups is 1. The summed E-state index contributed by atoms with van der Waals surface area (Å²) in [5.41, 5.74) is 3.98. The summed E-state index contributed by atoms with van der Waals surface area (Å²) < 4.78 is 61.8. The van der Waals surface area contributed by atoms with Crippen LogP contribution in [0.3, 0.4) is 0 Å². The normalized spacial score (nSPS) is 25.1. The van der Waals surface area contributed by atoms with E-state index in [4.69, 9.17) is 10.5 Å². The number of hydrogen-bond donors (Lipinski definition) is 5. The molecule has 0 spiro atoms. The number of anilines is 1. The van der Waals surface area contributed by atoms with E-state index in [-0.39, 0.29) is 24.3 Å². The maximum absolute atomic E-state index is 14.1. The number of nitrogen functional groups attached to an aromatic ring is 1. The van der Waals surface area contributed by atoms with Gasteiger partial charge in [0.05, 0.1) is 14.4 Å². The summed E-state index contributed by atoms with van der Waals surface area (Å²) in [6.45, 7) is -1.33. The van der Waals surface area contributed by atoms with Crippen molar-refractivity contribution in [1.82, 2.24) is 28.0 Å². The highest BCUT2D eigenvalue weighted by Crippen LogP contribution is 2.51. The van der Waals surface area contributed by atoms with Crippen molar-refractivity contribution in [2.24, 2.45) is 0 Å². The molecule has 0 aromatic carbocycles. The number of quaternary nitrogens is 3. The van der Waals surface area contributed by atoms with Crippen LogP contribution in [-0.2, 0) is 22.7 Å². The van der Waals surface area contributed by atoms with Gasteiger partial charge in [0.2, 0.25) is 6.23 Å². The molecule has 1 aliphatic heterocycles. The predicted molar refractivity (Wildman–Crippen MR) is 88.0 cm³/mol. The van der Waals surface area contributed by atoms with Gasteiger partial charge in [0.15, 0.2) is 6.10 Å². The molecule has 20 heteroatoms.